The van der Waals surface area contributed by atoms with Crippen molar-refractivity contribution < 1.29 is 4.42 Å². The topological polar surface area (TPSA) is 105 Å². The number of halogens is 1. The molecule has 8 heteroatoms. The molecule has 122 valence electrons. The molecule has 24 heavy (non-hydrogen) atoms. The van der Waals surface area contributed by atoms with Gasteiger partial charge < -0.3 is 15.5 Å². The summed E-state index contributed by atoms with van der Waals surface area (Å²) >= 11 is 2.25. The van der Waals surface area contributed by atoms with E-state index >= 15 is 0 Å². The number of hydrogen-bond acceptors (Lipinski definition) is 6. The van der Waals surface area contributed by atoms with Crippen molar-refractivity contribution in [1.29, 1.82) is 5.26 Å². The van der Waals surface area contributed by atoms with E-state index in [9.17, 15) is 0 Å². The number of hydrogen-bond donors (Lipinski definition) is 2. The van der Waals surface area contributed by atoms with E-state index in [0.29, 0.717) is 17.4 Å². The lowest BCUT2D eigenvalue weighted by atomic mass is 9.96. The van der Waals surface area contributed by atoms with Crippen molar-refractivity contribution in [3.05, 3.63) is 33.6 Å². The summed E-state index contributed by atoms with van der Waals surface area (Å²) in [5.41, 5.74) is 9.60. The predicted molar refractivity (Wildman–Crippen MR) is 97.4 cm³/mol. The molecule has 4 rings (SSSR count). The van der Waals surface area contributed by atoms with Crippen LogP contribution in [0.3, 0.4) is 0 Å². The third-order valence-corrected chi connectivity index (χ3v) is 5.46. The molecule has 4 heterocycles. The normalized spacial score (nSPS) is 17.9. The maximum atomic E-state index is 8.95. The van der Waals surface area contributed by atoms with E-state index in [1.807, 2.05) is 6.07 Å². The molecule has 1 unspecified atom stereocenters. The largest absolute Gasteiger partial charge is 0.453 e. The average Bonchev–Trinajstić information content (AvgIpc) is 3.25. The van der Waals surface area contributed by atoms with Crippen molar-refractivity contribution in [3.63, 3.8) is 0 Å². The monoisotopic (exact) mass is 434 g/mol. The molecule has 0 aromatic carbocycles. The summed E-state index contributed by atoms with van der Waals surface area (Å²) < 4.78 is 7.82. The van der Waals surface area contributed by atoms with Crippen molar-refractivity contribution >= 4 is 34.1 Å². The van der Waals surface area contributed by atoms with Crippen molar-refractivity contribution in [2.45, 2.75) is 18.8 Å². The highest BCUT2D eigenvalue weighted by Crippen LogP contribution is 2.33. The molecule has 3 N–H and O–H groups in total. The third-order valence-electron chi connectivity index (χ3n) is 4.35. The summed E-state index contributed by atoms with van der Waals surface area (Å²) in [6, 6.07) is 3.68. The molecule has 0 radical (unpaired) electrons. The van der Waals surface area contributed by atoms with Crippen molar-refractivity contribution in [2.24, 2.45) is 0 Å². The van der Waals surface area contributed by atoms with Crippen molar-refractivity contribution in [2.75, 3.05) is 18.8 Å². The Bertz CT molecular complexity index is 948. The maximum Gasteiger partial charge on any atom is 0.203 e. The summed E-state index contributed by atoms with van der Waals surface area (Å²) in [5, 5.41) is 16.7. The standard InChI is InChI=1S/C16H15IN6O/c17-13-14(9-2-1-3-20-6-9)22-16-12(7-21-23(16)15(13)19)10-4-11(5-18)24-8-10/h4,7-9,20H,1-3,6,19H2. The lowest BCUT2D eigenvalue weighted by molar-refractivity contribution is 0.453. The number of nitriles is 1. The Morgan fingerprint density at radius 2 is 2.38 bits per heavy atom. The zero-order valence-corrected chi connectivity index (χ0v) is 14.9. The van der Waals surface area contributed by atoms with Gasteiger partial charge in [0.25, 0.3) is 0 Å². The summed E-state index contributed by atoms with van der Waals surface area (Å²) in [6.45, 7) is 1.96. The summed E-state index contributed by atoms with van der Waals surface area (Å²) in [7, 11) is 0. The number of nitrogens with two attached hydrogens (primary N) is 1. The van der Waals surface area contributed by atoms with E-state index < -0.39 is 0 Å². The van der Waals surface area contributed by atoms with Gasteiger partial charge in [-0.15, -0.1) is 0 Å². The van der Waals surface area contributed by atoms with E-state index in [2.05, 4.69) is 33.0 Å². The summed E-state index contributed by atoms with van der Waals surface area (Å²) in [6.07, 6.45) is 5.49. The Labute approximate surface area is 152 Å². The van der Waals surface area contributed by atoms with E-state index in [1.54, 1.807) is 23.0 Å². The number of fused-ring (bicyclic) bond motifs is 1. The van der Waals surface area contributed by atoms with Gasteiger partial charge in [-0.2, -0.15) is 14.9 Å². The number of anilines is 1. The van der Waals surface area contributed by atoms with Gasteiger partial charge in [0.05, 0.1) is 15.5 Å². The molecule has 0 amide bonds. The van der Waals surface area contributed by atoms with E-state index in [-0.39, 0.29) is 5.76 Å². The van der Waals surface area contributed by atoms with Crippen LogP contribution in [0.1, 0.15) is 30.2 Å². The van der Waals surface area contributed by atoms with Crippen LogP contribution in [0.25, 0.3) is 16.8 Å². The van der Waals surface area contributed by atoms with Crippen LogP contribution in [0.2, 0.25) is 0 Å². The molecule has 1 aliphatic heterocycles. The van der Waals surface area contributed by atoms with Crippen LogP contribution in [0, 0.1) is 14.9 Å². The molecule has 3 aromatic rings. The van der Waals surface area contributed by atoms with E-state index in [0.717, 1.165) is 46.3 Å². The number of piperidine rings is 1. The number of nitrogens with zero attached hydrogens (tertiary/aromatic N) is 4. The van der Waals surface area contributed by atoms with Crippen LogP contribution in [0.15, 0.2) is 22.9 Å². The van der Waals surface area contributed by atoms with Gasteiger partial charge in [0, 0.05) is 29.7 Å². The third kappa shape index (κ3) is 2.44. The lowest BCUT2D eigenvalue weighted by Crippen LogP contribution is -2.29. The van der Waals surface area contributed by atoms with Gasteiger partial charge in [-0.1, -0.05) is 0 Å². The molecular weight excluding hydrogens is 419 g/mol. The first-order valence-corrected chi connectivity index (χ1v) is 8.79. The zero-order chi connectivity index (χ0) is 16.7. The molecular formula is C16H15IN6O. The average molecular weight is 434 g/mol. The Morgan fingerprint density at radius 3 is 3.08 bits per heavy atom. The first kappa shape index (κ1) is 15.4. The smallest absolute Gasteiger partial charge is 0.203 e. The molecule has 3 aromatic heterocycles. The van der Waals surface area contributed by atoms with Crippen LogP contribution in [0.5, 0.6) is 0 Å². The van der Waals surface area contributed by atoms with Gasteiger partial charge >= 0.3 is 0 Å². The molecule has 0 aliphatic carbocycles. The van der Waals surface area contributed by atoms with Crippen molar-refractivity contribution in [3.8, 4) is 17.2 Å². The minimum Gasteiger partial charge on any atom is -0.453 e. The number of rotatable bonds is 2. The van der Waals surface area contributed by atoms with Crippen LogP contribution in [0.4, 0.5) is 5.82 Å². The van der Waals surface area contributed by atoms with E-state index in [1.165, 1.54) is 0 Å². The predicted octanol–water partition coefficient (Wildman–Crippen LogP) is 2.51. The fourth-order valence-electron chi connectivity index (χ4n) is 3.11. The minimum atomic E-state index is 0.263. The first-order chi connectivity index (χ1) is 11.7. The maximum absolute atomic E-state index is 8.95. The molecule has 0 spiro atoms. The van der Waals surface area contributed by atoms with Crippen LogP contribution >= 0.6 is 22.6 Å². The fraction of sp³-hybridized carbons (Fsp3) is 0.312. The van der Waals surface area contributed by atoms with Gasteiger partial charge in [-0.25, -0.2) is 4.98 Å². The van der Waals surface area contributed by atoms with Gasteiger partial charge in [-0.3, -0.25) is 0 Å². The molecule has 1 aliphatic rings. The second kappa shape index (κ2) is 6.07. The number of furan rings is 1. The Morgan fingerprint density at radius 1 is 1.50 bits per heavy atom. The Kier molecular flexibility index (Phi) is 3.90. The number of nitrogens with one attached hydrogen (secondary N) is 1. The summed E-state index contributed by atoms with van der Waals surface area (Å²) in [5.74, 6) is 1.20. The fourth-order valence-corrected chi connectivity index (χ4v) is 3.90. The van der Waals surface area contributed by atoms with E-state index in [4.69, 9.17) is 20.4 Å². The lowest BCUT2D eigenvalue weighted by Gasteiger charge is -2.23. The zero-order valence-electron chi connectivity index (χ0n) is 12.8. The van der Waals surface area contributed by atoms with Gasteiger partial charge in [0.15, 0.2) is 5.65 Å². The second-order valence-corrected chi connectivity index (χ2v) is 6.92. The summed E-state index contributed by atoms with van der Waals surface area (Å²) in [4.78, 5) is 4.88. The molecule has 1 fully saturated rings. The van der Waals surface area contributed by atoms with Gasteiger partial charge in [0.1, 0.15) is 18.2 Å². The molecule has 0 saturated carbocycles. The van der Waals surface area contributed by atoms with Crippen LogP contribution < -0.4 is 11.1 Å². The van der Waals surface area contributed by atoms with Gasteiger partial charge in [0.2, 0.25) is 5.76 Å². The van der Waals surface area contributed by atoms with Gasteiger partial charge in [-0.05, 0) is 42.0 Å². The molecule has 1 atom stereocenters. The van der Waals surface area contributed by atoms with Crippen molar-refractivity contribution in [1.82, 2.24) is 19.9 Å². The second-order valence-electron chi connectivity index (χ2n) is 5.84. The highest BCUT2D eigenvalue weighted by molar-refractivity contribution is 14.1. The highest BCUT2D eigenvalue weighted by atomic mass is 127. The van der Waals surface area contributed by atoms with Crippen LogP contribution in [-0.2, 0) is 0 Å². The minimum absolute atomic E-state index is 0.263. The molecule has 7 nitrogen and oxygen atoms in total. The Hall–Kier alpha value is -2.12. The molecule has 1 saturated heterocycles. The highest BCUT2D eigenvalue weighted by Gasteiger charge is 2.24. The van der Waals surface area contributed by atoms with Crippen LogP contribution in [-0.4, -0.2) is 27.7 Å². The Balaban J connectivity index is 1.88. The quantitative estimate of drug-likeness (QED) is 0.601. The number of aromatic nitrogens is 3. The molecule has 0 bridgehead atoms. The first-order valence-electron chi connectivity index (χ1n) is 7.71. The SMILES string of the molecule is N#Cc1cc(-c2cnn3c(N)c(I)c(C4CCCNC4)nc23)co1. The number of nitrogen functional groups attached to an aromatic ring is 1.